The predicted molar refractivity (Wildman–Crippen MR) is 136 cm³/mol. The molecule has 0 saturated heterocycles. The Morgan fingerprint density at radius 3 is 2.57 bits per heavy atom. The van der Waals surface area contributed by atoms with Gasteiger partial charge in [0.05, 0.1) is 17.6 Å². The number of aromatic nitrogens is 1. The summed E-state index contributed by atoms with van der Waals surface area (Å²) in [5.41, 5.74) is 2.27. The summed E-state index contributed by atoms with van der Waals surface area (Å²) in [5.74, 6) is 1.73. The highest BCUT2D eigenvalue weighted by molar-refractivity contribution is 6.33. The van der Waals surface area contributed by atoms with E-state index in [1.165, 1.54) is 6.07 Å². The molecule has 1 amide bonds. The lowest BCUT2D eigenvalue weighted by Gasteiger charge is -2.30. The lowest BCUT2D eigenvalue weighted by molar-refractivity contribution is 0.0270. The van der Waals surface area contributed by atoms with Gasteiger partial charge in [-0.05, 0) is 62.2 Å². The molecule has 8 nitrogen and oxygen atoms in total. The number of benzene rings is 2. The molecule has 0 radical (unpaired) electrons. The molecule has 2 aromatic carbocycles. The maximum atomic E-state index is 12.4. The maximum absolute atomic E-state index is 12.4. The molecule has 0 saturated carbocycles. The molecule has 0 N–H and O–H groups in total. The summed E-state index contributed by atoms with van der Waals surface area (Å²) in [6.45, 7) is 6.53. The van der Waals surface area contributed by atoms with Crippen molar-refractivity contribution < 1.29 is 19.0 Å². The SMILES string of the molecule is COc1cc2nccc(Oc3ccc(N=O)c(Cl)c3)c2cc1C1=CCN(C(=O)OC(C)(C)C)CC1. The van der Waals surface area contributed by atoms with E-state index in [-0.39, 0.29) is 16.8 Å². The first kappa shape index (κ1) is 24.5. The minimum atomic E-state index is -0.541. The van der Waals surface area contributed by atoms with E-state index < -0.39 is 5.60 Å². The van der Waals surface area contributed by atoms with Gasteiger partial charge in [-0.2, -0.15) is 0 Å². The van der Waals surface area contributed by atoms with Crippen LogP contribution in [0.2, 0.25) is 5.02 Å². The second-order valence-corrected chi connectivity index (χ2v) is 9.50. The Morgan fingerprint density at radius 2 is 1.94 bits per heavy atom. The van der Waals surface area contributed by atoms with Crippen LogP contribution in [0.25, 0.3) is 16.5 Å². The Balaban J connectivity index is 1.66. The lowest BCUT2D eigenvalue weighted by atomic mass is 9.96. The molecule has 2 heterocycles. The number of rotatable bonds is 5. The van der Waals surface area contributed by atoms with E-state index in [0.29, 0.717) is 42.3 Å². The van der Waals surface area contributed by atoms with Crippen molar-refractivity contribution in [1.82, 2.24) is 9.88 Å². The van der Waals surface area contributed by atoms with Gasteiger partial charge in [0.15, 0.2) is 0 Å². The Morgan fingerprint density at radius 1 is 1.14 bits per heavy atom. The molecule has 0 spiro atoms. The smallest absolute Gasteiger partial charge is 0.410 e. The lowest BCUT2D eigenvalue weighted by Crippen LogP contribution is -2.39. The van der Waals surface area contributed by atoms with Crippen molar-refractivity contribution in [3.05, 3.63) is 64.2 Å². The summed E-state index contributed by atoms with van der Waals surface area (Å²) in [4.78, 5) is 29.4. The Labute approximate surface area is 208 Å². The number of hydrogen-bond acceptors (Lipinski definition) is 7. The van der Waals surface area contributed by atoms with Gasteiger partial charge in [-0.15, -0.1) is 4.91 Å². The third-order valence-electron chi connectivity index (χ3n) is 5.47. The highest BCUT2D eigenvalue weighted by atomic mass is 35.5. The Bertz CT molecular complexity index is 1320. The molecule has 0 unspecified atom stereocenters. The number of hydrogen-bond donors (Lipinski definition) is 0. The van der Waals surface area contributed by atoms with Crippen molar-refractivity contribution in [2.45, 2.75) is 32.8 Å². The summed E-state index contributed by atoms with van der Waals surface area (Å²) in [6, 6.07) is 10.3. The molecule has 0 atom stereocenters. The average molecular weight is 496 g/mol. The summed E-state index contributed by atoms with van der Waals surface area (Å²) >= 11 is 6.10. The van der Waals surface area contributed by atoms with Crippen molar-refractivity contribution in [2.75, 3.05) is 20.2 Å². The number of carbonyl (C=O) groups excluding carboxylic acids is 1. The van der Waals surface area contributed by atoms with Crippen LogP contribution >= 0.6 is 11.6 Å². The molecule has 1 aliphatic rings. The Kier molecular flexibility index (Phi) is 6.93. The number of pyridine rings is 1. The summed E-state index contributed by atoms with van der Waals surface area (Å²) in [6.07, 6.45) is 3.98. The highest BCUT2D eigenvalue weighted by Gasteiger charge is 2.25. The van der Waals surface area contributed by atoms with Gasteiger partial charge in [-0.3, -0.25) is 4.98 Å². The van der Waals surface area contributed by atoms with Crippen LogP contribution in [0.4, 0.5) is 10.5 Å². The molecule has 9 heteroatoms. The van der Waals surface area contributed by atoms with E-state index in [2.05, 4.69) is 10.2 Å². The second-order valence-electron chi connectivity index (χ2n) is 9.09. The van der Waals surface area contributed by atoms with Crippen molar-refractivity contribution >= 4 is 39.9 Å². The van der Waals surface area contributed by atoms with Gasteiger partial charge in [-0.25, -0.2) is 4.79 Å². The molecule has 0 aliphatic carbocycles. The van der Waals surface area contributed by atoms with Gasteiger partial charge in [0.2, 0.25) is 0 Å². The molecular weight excluding hydrogens is 470 g/mol. The molecule has 4 rings (SSSR count). The highest BCUT2D eigenvalue weighted by Crippen LogP contribution is 2.38. The fourth-order valence-electron chi connectivity index (χ4n) is 3.82. The summed E-state index contributed by atoms with van der Waals surface area (Å²) in [5, 5.41) is 3.88. The fourth-order valence-corrected chi connectivity index (χ4v) is 4.02. The zero-order chi connectivity index (χ0) is 25.2. The number of methoxy groups -OCH3 is 1. The largest absolute Gasteiger partial charge is 0.496 e. The first-order valence-electron chi connectivity index (χ1n) is 11.1. The second kappa shape index (κ2) is 9.92. The predicted octanol–water partition coefficient (Wildman–Crippen LogP) is 7.11. The third kappa shape index (κ3) is 5.54. The van der Waals surface area contributed by atoms with Crippen molar-refractivity contribution in [3.8, 4) is 17.2 Å². The van der Waals surface area contributed by atoms with E-state index in [1.807, 2.05) is 39.0 Å². The minimum absolute atomic E-state index is 0.148. The number of nitrogens with zero attached hydrogens (tertiary/aromatic N) is 3. The maximum Gasteiger partial charge on any atom is 0.410 e. The number of carbonyl (C=O) groups is 1. The van der Waals surface area contributed by atoms with Gasteiger partial charge in [0, 0.05) is 42.4 Å². The average Bonchev–Trinajstić information content (AvgIpc) is 2.82. The van der Waals surface area contributed by atoms with Crippen molar-refractivity contribution in [3.63, 3.8) is 0 Å². The summed E-state index contributed by atoms with van der Waals surface area (Å²) in [7, 11) is 1.62. The first-order chi connectivity index (χ1) is 16.7. The zero-order valence-electron chi connectivity index (χ0n) is 20.0. The molecule has 0 bridgehead atoms. The molecule has 182 valence electrons. The van der Waals surface area contributed by atoms with Gasteiger partial charge >= 0.3 is 6.09 Å². The van der Waals surface area contributed by atoms with E-state index in [9.17, 15) is 9.70 Å². The van der Waals surface area contributed by atoms with Gasteiger partial charge in [-0.1, -0.05) is 17.7 Å². The van der Waals surface area contributed by atoms with Crippen LogP contribution in [-0.4, -0.2) is 41.8 Å². The molecule has 35 heavy (non-hydrogen) atoms. The van der Waals surface area contributed by atoms with E-state index in [4.69, 9.17) is 25.8 Å². The van der Waals surface area contributed by atoms with Gasteiger partial charge in [0.25, 0.3) is 0 Å². The monoisotopic (exact) mass is 495 g/mol. The fraction of sp³-hybridized carbons (Fsp3) is 0.308. The molecule has 1 aliphatic heterocycles. The normalized spacial score (nSPS) is 13.9. The molecule has 1 aromatic heterocycles. The summed E-state index contributed by atoms with van der Waals surface area (Å²) < 4.78 is 17.2. The van der Waals surface area contributed by atoms with E-state index >= 15 is 0 Å². The van der Waals surface area contributed by atoms with Crippen LogP contribution in [0.15, 0.2) is 53.8 Å². The number of fused-ring (bicyclic) bond motifs is 1. The van der Waals surface area contributed by atoms with Crippen LogP contribution in [0.3, 0.4) is 0 Å². The van der Waals surface area contributed by atoms with Gasteiger partial charge < -0.3 is 19.1 Å². The topological polar surface area (TPSA) is 90.3 Å². The van der Waals surface area contributed by atoms with E-state index in [0.717, 1.165) is 16.5 Å². The quantitative estimate of drug-likeness (QED) is 0.350. The number of ether oxygens (including phenoxy) is 3. The van der Waals surface area contributed by atoms with Gasteiger partial charge in [0.1, 0.15) is 28.5 Å². The van der Waals surface area contributed by atoms with Crippen LogP contribution in [0.1, 0.15) is 32.8 Å². The molecule has 0 fully saturated rings. The number of halogens is 1. The molecule has 3 aromatic rings. The van der Waals surface area contributed by atoms with Crippen molar-refractivity contribution in [1.29, 1.82) is 0 Å². The van der Waals surface area contributed by atoms with Crippen LogP contribution in [0, 0.1) is 4.91 Å². The molecular formula is C26H26ClN3O5. The zero-order valence-corrected chi connectivity index (χ0v) is 20.8. The van der Waals surface area contributed by atoms with E-state index in [1.54, 1.807) is 36.4 Å². The third-order valence-corrected chi connectivity index (χ3v) is 5.78. The number of amides is 1. The first-order valence-corrected chi connectivity index (χ1v) is 11.5. The number of nitroso groups, excluding NO2 is 1. The van der Waals surface area contributed by atoms with Crippen LogP contribution < -0.4 is 9.47 Å². The minimum Gasteiger partial charge on any atom is -0.496 e. The van der Waals surface area contributed by atoms with Crippen molar-refractivity contribution in [2.24, 2.45) is 5.18 Å². The van der Waals surface area contributed by atoms with Crippen LogP contribution in [-0.2, 0) is 4.74 Å². The standard InChI is InChI=1S/C26H26ClN3O5/c1-26(2,3)35-25(31)30-11-8-16(9-12-30)18-14-19-22(15-24(18)33-4)28-10-7-23(19)34-17-5-6-21(29-32)20(27)13-17/h5-8,10,13-15H,9,11-12H2,1-4H3. The van der Waals surface area contributed by atoms with Crippen LogP contribution in [0.5, 0.6) is 17.2 Å². The Hall–Kier alpha value is -3.65.